The fraction of sp³-hybridized carbons (Fsp3) is 0.500. The van der Waals surface area contributed by atoms with Crippen LogP contribution in [0.3, 0.4) is 0 Å². The third-order valence-electron chi connectivity index (χ3n) is 4.30. The molecule has 0 saturated heterocycles. The minimum atomic E-state index is 0.782. The lowest BCUT2D eigenvalue weighted by atomic mass is 10.3. The van der Waals surface area contributed by atoms with Gasteiger partial charge in [-0.2, -0.15) is 101 Å². The molecule has 0 aromatic heterocycles. The molecule has 0 aliphatic heterocycles. The lowest BCUT2D eigenvalue weighted by Crippen LogP contribution is -1.94. The predicted molar refractivity (Wildman–Crippen MR) is 230 cm³/mol. The van der Waals surface area contributed by atoms with E-state index >= 15 is 0 Å². The zero-order chi connectivity index (χ0) is 29.6. The lowest BCUT2D eigenvalue weighted by molar-refractivity contribution is 1.03. The van der Waals surface area contributed by atoms with Crippen LogP contribution in [0.5, 0.6) is 0 Å². The van der Waals surface area contributed by atoms with Gasteiger partial charge < -0.3 is 0 Å². The topological polar surface area (TPSA) is 0 Å². The average Bonchev–Trinajstić information content (AvgIpc) is 2.96. The molecule has 0 fully saturated rings. The molecule has 2 aromatic rings. The molecule has 0 saturated carbocycles. The van der Waals surface area contributed by atoms with Crippen molar-refractivity contribution in [1.29, 1.82) is 0 Å². The number of thioether (sulfide) groups is 8. The first-order valence-electron chi connectivity index (χ1n) is 11.8. The van der Waals surface area contributed by atoms with Crippen molar-refractivity contribution in [3.63, 3.8) is 0 Å². The summed E-state index contributed by atoms with van der Waals surface area (Å²) in [6, 6.07) is 9.00. The number of thiol groups is 8. The summed E-state index contributed by atoms with van der Waals surface area (Å²) in [5.41, 5.74) is 0. The fourth-order valence-electron chi connectivity index (χ4n) is 2.89. The molecule has 0 heterocycles. The first-order valence-corrected chi connectivity index (χ1v) is 24.7. The quantitative estimate of drug-likeness (QED) is 0.0373. The Morgan fingerprint density at radius 3 is 0.875 bits per heavy atom. The molecule has 0 bridgehead atoms. The fourth-order valence-corrected chi connectivity index (χ4v) is 12.8. The van der Waals surface area contributed by atoms with E-state index in [2.05, 4.69) is 125 Å². The molecule has 16 heteroatoms. The third-order valence-corrected chi connectivity index (χ3v) is 16.1. The van der Waals surface area contributed by atoms with Crippen molar-refractivity contribution >= 4 is 195 Å². The largest absolute Gasteiger partial charge is 0.178 e. The van der Waals surface area contributed by atoms with E-state index in [1.807, 2.05) is 47.0 Å². The van der Waals surface area contributed by atoms with E-state index in [1.54, 1.807) is 47.0 Å². The molecule has 2 rings (SSSR count). The highest BCUT2D eigenvalue weighted by atomic mass is 32.2. The molecule has 0 unspecified atom stereocenters. The monoisotopic (exact) mass is 836 g/mol. The van der Waals surface area contributed by atoms with E-state index in [-0.39, 0.29) is 0 Å². The lowest BCUT2D eigenvalue weighted by Gasteiger charge is -2.17. The highest BCUT2D eigenvalue weighted by Crippen LogP contribution is 2.44. The van der Waals surface area contributed by atoms with Gasteiger partial charge in [-0.25, -0.2) is 0 Å². The number of hydrogen-bond acceptors (Lipinski definition) is 16. The summed E-state index contributed by atoms with van der Waals surface area (Å²) in [6.45, 7) is 0. The Kier molecular flexibility index (Phi) is 29.5. The van der Waals surface area contributed by atoms with Crippen molar-refractivity contribution in [3.05, 3.63) is 24.3 Å². The molecular weight excluding hydrogens is 801 g/mol. The molecule has 0 amide bonds. The first kappa shape index (κ1) is 42.1. The van der Waals surface area contributed by atoms with Gasteiger partial charge in [-0.15, -0.1) is 94.1 Å². The predicted octanol–water partition coefficient (Wildman–Crippen LogP) is 11.4. The zero-order valence-electron chi connectivity index (χ0n) is 21.6. The van der Waals surface area contributed by atoms with E-state index in [0.717, 1.165) is 66.4 Å². The van der Waals surface area contributed by atoms with Crippen molar-refractivity contribution in [2.24, 2.45) is 0 Å². The second-order valence-corrected chi connectivity index (χ2v) is 20.2. The number of hydrogen-bond donors (Lipinski definition) is 8. The van der Waals surface area contributed by atoms with Crippen LogP contribution in [0.25, 0.3) is 0 Å². The summed E-state index contributed by atoms with van der Waals surface area (Å²) in [5, 5.41) is 3.13. The summed E-state index contributed by atoms with van der Waals surface area (Å²) >= 11 is 49.2. The Hall–Kier alpha value is 4.04. The molecule has 0 aliphatic carbocycles. The molecule has 0 aliphatic rings. The molecule has 0 radical (unpaired) electrons. The number of rotatable bonds is 20. The van der Waals surface area contributed by atoms with Gasteiger partial charge >= 0.3 is 0 Å². The molecule has 0 atom stereocenters. The Morgan fingerprint density at radius 2 is 0.625 bits per heavy atom. The van der Waals surface area contributed by atoms with Gasteiger partial charge in [-0.05, 0) is 47.3 Å². The Labute approximate surface area is 320 Å². The normalized spacial score (nSPS) is 11.0. The smallest absolute Gasteiger partial charge is 0.0409 e. The summed E-state index contributed by atoms with van der Waals surface area (Å²) < 4.78 is 0. The average molecular weight is 838 g/mol. The van der Waals surface area contributed by atoms with Crippen molar-refractivity contribution in [3.8, 4) is 0 Å². The van der Waals surface area contributed by atoms with Crippen molar-refractivity contribution in [1.82, 2.24) is 0 Å². The van der Waals surface area contributed by atoms with Crippen LogP contribution in [-0.4, -0.2) is 66.4 Å². The highest BCUT2D eigenvalue weighted by Gasteiger charge is 2.15. The second-order valence-electron chi connectivity index (χ2n) is 6.85. The van der Waals surface area contributed by atoms with Crippen LogP contribution in [0.15, 0.2) is 63.4 Å². The maximum atomic E-state index is 4.37. The summed E-state index contributed by atoms with van der Waals surface area (Å²) in [6.07, 6.45) is 0. The van der Waals surface area contributed by atoms with Crippen LogP contribution in [0.1, 0.15) is 0 Å². The molecule has 0 spiro atoms. The van der Waals surface area contributed by atoms with E-state index < -0.39 is 0 Å². The van der Waals surface area contributed by atoms with Crippen LogP contribution < -0.4 is 0 Å². The maximum Gasteiger partial charge on any atom is 0.0409 e. The Bertz CT molecular complexity index is 836. The van der Waals surface area contributed by atoms with Crippen LogP contribution in [0.2, 0.25) is 0 Å². The van der Waals surface area contributed by atoms with E-state index in [9.17, 15) is 0 Å². The van der Waals surface area contributed by atoms with E-state index in [1.165, 1.54) is 39.2 Å². The second kappa shape index (κ2) is 28.1. The van der Waals surface area contributed by atoms with Gasteiger partial charge in [-0.3, -0.25) is 0 Å². The zero-order valence-corrected chi connectivity index (χ0v) is 35.3. The summed E-state index contributed by atoms with van der Waals surface area (Å²) in [5.74, 6) is 7.74. The van der Waals surface area contributed by atoms with E-state index in [0.29, 0.717) is 0 Å². The van der Waals surface area contributed by atoms with Crippen molar-refractivity contribution in [2.75, 3.05) is 66.4 Å². The standard InChI is InChI=1S/C14H22S8.C10H14S8/c15-3-7-19-11-1-2-12(20-8-4-16)14(22-10-6-18)13(11)21-9-5-17;11-3-15-7-1-8(16-4-12)10(18-6-14)2-9(7)17-5-13/h1-2,15-18H,3-10H2;1-2,11-14H,3-6H2. The van der Waals surface area contributed by atoms with Gasteiger partial charge in [-0.1, -0.05) is 0 Å². The van der Waals surface area contributed by atoms with Crippen molar-refractivity contribution < 1.29 is 0 Å². The molecule has 0 nitrogen and oxygen atoms in total. The first-order chi connectivity index (χ1) is 19.5. The van der Waals surface area contributed by atoms with Gasteiger partial charge in [0.05, 0.1) is 0 Å². The van der Waals surface area contributed by atoms with Gasteiger partial charge in [0.2, 0.25) is 0 Å². The number of benzene rings is 2. The third kappa shape index (κ3) is 16.7. The maximum absolute atomic E-state index is 4.37. The van der Waals surface area contributed by atoms with Gasteiger partial charge in [0, 0.05) is 82.5 Å². The van der Waals surface area contributed by atoms with Gasteiger partial charge in [0.25, 0.3) is 0 Å². The molecule has 2 aromatic carbocycles. The summed E-state index contributed by atoms with van der Waals surface area (Å²) in [4.78, 5) is 10.7. The minimum Gasteiger partial charge on any atom is -0.178 e. The Balaban J connectivity index is 0.000000408. The van der Waals surface area contributed by atoms with Crippen LogP contribution in [0.4, 0.5) is 0 Å². The summed E-state index contributed by atoms with van der Waals surface area (Å²) in [7, 11) is 0. The van der Waals surface area contributed by atoms with Crippen molar-refractivity contribution in [2.45, 2.75) is 39.2 Å². The van der Waals surface area contributed by atoms with Gasteiger partial charge in [0.15, 0.2) is 0 Å². The van der Waals surface area contributed by atoms with Crippen LogP contribution in [0, 0.1) is 0 Å². The molecular formula is C24H36S16. The van der Waals surface area contributed by atoms with E-state index in [4.69, 9.17) is 0 Å². The minimum absolute atomic E-state index is 0.782. The van der Waals surface area contributed by atoms with Gasteiger partial charge in [0.1, 0.15) is 0 Å². The van der Waals surface area contributed by atoms with Crippen LogP contribution >= 0.6 is 195 Å². The molecule has 40 heavy (non-hydrogen) atoms. The molecule has 0 N–H and O–H groups in total. The van der Waals surface area contributed by atoms with Crippen LogP contribution in [-0.2, 0) is 0 Å². The SMILES string of the molecule is SCCSc1ccc(SCCS)c(SCCS)c1SCCS.SCSc1cc(SCS)c(SCS)cc1SCS. The molecule has 228 valence electrons. The highest BCUT2D eigenvalue weighted by molar-refractivity contribution is 8.12. The Morgan fingerprint density at radius 1 is 0.350 bits per heavy atom.